The minimum atomic E-state index is -1.04. The van der Waals surface area contributed by atoms with Gasteiger partial charge in [0.05, 0.1) is 23.8 Å². The Balaban J connectivity index is 1.35. The van der Waals surface area contributed by atoms with E-state index in [0.29, 0.717) is 54.4 Å². The first-order chi connectivity index (χ1) is 22.3. The van der Waals surface area contributed by atoms with E-state index in [9.17, 15) is 24.3 Å². The lowest BCUT2D eigenvalue weighted by Crippen LogP contribution is -2.49. The molecule has 0 aromatic heterocycles. The summed E-state index contributed by atoms with van der Waals surface area (Å²) in [7, 11) is 0. The summed E-state index contributed by atoms with van der Waals surface area (Å²) >= 11 is 0. The van der Waals surface area contributed by atoms with Crippen LogP contribution in [0.4, 0.5) is 11.4 Å². The number of amides is 3. The second-order valence-electron chi connectivity index (χ2n) is 11.1. The zero-order valence-electron chi connectivity index (χ0n) is 25.5. The fourth-order valence-electron chi connectivity index (χ4n) is 5.29. The molecule has 3 amide bonds. The van der Waals surface area contributed by atoms with E-state index in [1.807, 2.05) is 55.5 Å². The number of aliphatic carboxylic acids is 1. The van der Waals surface area contributed by atoms with Crippen LogP contribution in [0.1, 0.15) is 44.3 Å². The molecule has 0 saturated carbocycles. The third kappa shape index (κ3) is 8.29. The van der Waals surface area contributed by atoms with E-state index in [4.69, 9.17) is 4.74 Å². The Morgan fingerprint density at radius 1 is 0.804 bits per heavy atom. The molecular formula is C36H36N4O6. The zero-order chi connectivity index (χ0) is 32.5. The smallest absolute Gasteiger partial charge is 0.305 e. The predicted molar refractivity (Wildman–Crippen MR) is 175 cm³/mol. The van der Waals surface area contributed by atoms with Crippen molar-refractivity contribution in [2.24, 2.45) is 0 Å². The van der Waals surface area contributed by atoms with Gasteiger partial charge in [-0.2, -0.15) is 0 Å². The van der Waals surface area contributed by atoms with Gasteiger partial charge in [-0.05, 0) is 55.0 Å². The monoisotopic (exact) mass is 620 g/mol. The minimum absolute atomic E-state index is 0.0386. The maximum atomic E-state index is 13.5. The molecule has 236 valence electrons. The van der Waals surface area contributed by atoms with Gasteiger partial charge in [-0.15, -0.1) is 0 Å². The quantitative estimate of drug-likeness (QED) is 0.217. The molecule has 46 heavy (non-hydrogen) atoms. The number of piperazine rings is 1. The van der Waals surface area contributed by atoms with E-state index in [0.717, 1.165) is 5.56 Å². The van der Waals surface area contributed by atoms with Crippen molar-refractivity contribution in [1.82, 2.24) is 10.2 Å². The Kier molecular flexibility index (Phi) is 10.3. The minimum Gasteiger partial charge on any atom is -0.484 e. The topological polar surface area (TPSA) is 128 Å². The van der Waals surface area contributed by atoms with E-state index in [1.54, 1.807) is 59.5 Å². The number of carbonyl (C=O) groups is 4. The number of carboxylic acid groups (broad SMARTS) is 1. The summed E-state index contributed by atoms with van der Waals surface area (Å²) < 4.78 is 5.63. The summed E-state index contributed by atoms with van der Waals surface area (Å²) in [6.07, 6.45) is -0.292. The number of carboxylic acids is 1. The molecule has 1 aliphatic heterocycles. The molecule has 1 aliphatic rings. The third-order valence-electron chi connectivity index (χ3n) is 7.74. The van der Waals surface area contributed by atoms with Crippen molar-refractivity contribution in [3.63, 3.8) is 0 Å². The molecule has 10 nitrogen and oxygen atoms in total. The van der Waals surface area contributed by atoms with Crippen LogP contribution in [0, 0.1) is 6.92 Å². The summed E-state index contributed by atoms with van der Waals surface area (Å²) in [5.41, 5.74) is 3.67. The van der Waals surface area contributed by atoms with Crippen LogP contribution in [0.2, 0.25) is 0 Å². The summed E-state index contributed by atoms with van der Waals surface area (Å²) in [5.74, 6) is -1.43. The van der Waals surface area contributed by atoms with Gasteiger partial charge in [0.15, 0.2) is 6.61 Å². The number of hydrogen-bond donors (Lipinski definition) is 3. The molecule has 5 rings (SSSR count). The van der Waals surface area contributed by atoms with Crippen LogP contribution in [0.3, 0.4) is 0 Å². The number of carbonyl (C=O) groups excluding carboxylic acids is 3. The molecule has 4 aromatic rings. The molecule has 0 bridgehead atoms. The number of anilines is 2. The van der Waals surface area contributed by atoms with Gasteiger partial charge in [0.25, 0.3) is 17.7 Å². The van der Waals surface area contributed by atoms with Crippen molar-refractivity contribution in [2.45, 2.75) is 19.4 Å². The van der Waals surface area contributed by atoms with E-state index < -0.39 is 23.8 Å². The van der Waals surface area contributed by atoms with Crippen molar-refractivity contribution in [2.75, 3.05) is 43.0 Å². The SMILES string of the molecule is Cc1ccc(C(CC(=O)O)NC(=O)c2ccc(N3CCN(C(=O)c4ccccc4)CC3)c(NC(=O)COc3ccccc3)c2)cc1. The molecule has 3 N–H and O–H groups in total. The lowest BCUT2D eigenvalue weighted by Gasteiger charge is -2.37. The van der Waals surface area contributed by atoms with Crippen molar-refractivity contribution in [1.29, 1.82) is 0 Å². The molecule has 0 radical (unpaired) electrons. The zero-order valence-corrected chi connectivity index (χ0v) is 25.5. The lowest BCUT2D eigenvalue weighted by molar-refractivity contribution is -0.137. The maximum absolute atomic E-state index is 13.5. The van der Waals surface area contributed by atoms with Gasteiger partial charge in [-0.1, -0.05) is 66.2 Å². The largest absolute Gasteiger partial charge is 0.484 e. The maximum Gasteiger partial charge on any atom is 0.305 e. The molecule has 1 saturated heterocycles. The summed E-state index contributed by atoms with van der Waals surface area (Å²) in [5, 5.41) is 15.3. The standard InChI is InChI=1S/C36H36N4O6/c1-25-12-14-26(15-13-25)30(23-34(42)43)38-35(44)28-16-17-32(31(22-28)37-33(41)24-46-29-10-6-3-7-11-29)39-18-20-40(21-19-39)36(45)27-8-4-2-5-9-27/h2-17,22,30H,18-21,23-24H2,1H3,(H,37,41)(H,38,44)(H,42,43). The Morgan fingerprint density at radius 2 is 1.46 bits per heavy atom. The Morgan fingerprint density at radius 3 is 2.11 bits per heavy atom. The molecule has 1 unspecified atom stereocenters. The highest BCUT2D eigenvalue weighted by molar-refractivity contribution is 6.00. The van der Waals surface area contributed by atoms with E-state index >= 15 is 0 Å². The Bertz CT molecular complexity index is 1670. The summed E-state index contributed by atoms with van der Waals surface area (Å²) in [4.78, 5) is 55.0. The van der Waals surface area contributed by atoms with Gasteiger partial charge in [0.1, 0.15) is 5.75 Å². The number of hydrogen-bond acceptors (Lipinski definition) is 6. The molecule has 0 spiro atoms. The molecule has 0 aliphatic carbocycles. The predicted octanol–water partition coefficient (Wildman–Crippen LogP) is 4.92. The average molecular weight is 621 g/mol. The number of nitrogens with one attached hydrogen (secondary N) is 2. The molecule has 1 fully saturated rings. The number of rotatable bonds is 11. The highest BCUT2D eigenvalue weighted by Gasteiger charge is 2.25. The highest BCUT2D eigenvalue weighted by atomic mass is 16.5. The van der Waals surface area contributed by atoms with Crippen LogP contribution in [0.25, 0.3) is 0 Å². The molecule has 1 atom stereocenters. The normalized spacial score (nSPS) is 13.4. The number of nitrogens with zero attached hydrogens (tertiary/aromatic N) is 2. The number of para-hydroxylation sites is 1. The lowest BCUT2D eigenvalue weighted by atomic mass is 10.0. The van der Waals surface area contributed by atoms with Crippen molar-refractivity contribution in [3.8, 4) is 5.75 Å². The van der Waals surface area contributed by atoms with Crippen LogP contribution < -0.4 is 20.3 Å². The fourth-order valence-corrected chi connectivity index (χ4v) is 5.29. The van der Waals surface area contributed by atoms with Gasteiger partial charge in [0, 0.05) is 37.3 Å². The molecule has 4 aromatic carbocycles. The van der Waals surface area contributed by atoms with Gasteiger partial charge in [-0.25, -0.2) is 0 Å². The van der Waals surface area contributed by atoms with Crippen molar-refractivity contribution < 1.29 is 29.0 Å². The van der Waals surface area contributed by atoms with Crippen LogP contribution in [-0.2, 0) is 9.59 Å². The molecular weight excluding hydrogens is 584 g/mol. The van der Waals surface area contributed by atoms with Gasteiger partial charge in [-0.3, -0.25) is 19.2 Å². The van der Waals surface area contributed by atoms with Crippen molar-refractivity contribution in [3.05, 3.63) is 125 Å². The van der Waals surface area contributed by atoms with E-state index in [2.05, 4.69) is 15.5 Å². The Labute approximate surface area is 267 Å². The van der Waals surface area contributed by atoms with Gasteiger partial charge >= 0.3 is 5.97 Å². The molecule has 1 heterocycles. The third-order valence-corrected chi connectivity index (χ3v) is 7.74. The highest BCUT2D eigenvalue weighted by Crippen LogP contribution is 2.29. The van der Waals surface area contributed by atoms with Crippen LogP contribution >= 0.6 is 0 Å². The number of ether oxygens (including phenoxy) is 1. The summed E-state index contributed by atoms with van der Waals surface area (Å²) in [6.45, 7) is 3.68. The second kappa shape index (κ2) is 14.9. The summed E-state index contributed by atoms with van der Waals surface area (Å²) in [6, 6.07) is 29.7. The van der Waals surface area contributed by atoms with Gasteiger partial charge < -0.3 is 30.3 Å². The average Bonchev–Trinajstić information content (AvgIpc) is 3.08. The van der Waals surface area contributed by atoms with Crippen LogP contribution in [0.15, 0.2) is 103 Å². The Hall–Kier alpha value is -5.64. The first-order valence-corrected chi connectivity index (χ1v) is 15.1. The second-order valence-corrected chi connectivity index (χ2v) is 11.1. The number of benzene rings is 4. The first-order valence-electron chi connectivity index (χ1n) is 15.1. The van der Waals surface area contributed by atoms with E-state index in [-0.39, 0.29) is 24.5 Å². The number of aryl methyl sites for hydroxylation is 1. The van der Waals surface area contributed by atoms with Crippen LogP contribution in [-0.4, -0.2) is 66.5 Å². The van der Waals surface area contributed by atoms with Gasteiger partial charge in [0.2, 0.25) is 0 Å². The van der Waals surface area contributed by atoms with Crippen molar-refractivity contribution >= 4 is 35.1 Å². The molecule has 10 heteroatoms. The fraction of sp³-hybridized carbons (Fsp3) is 0.222. The van der Waals surface area contributed by atoms with Crippen LogP contribution in [0.5, 0.6) is 5.75 Å². The van der Waals surface area contributed by atoms with E-state index in [1.165, 1.54) is 0 Å². The first kappa shape index (κ1) is 31.8.